The number of urea groups is 1. The van der Waals surface area contributed by atoms with Crippen LogP contribution in [0.5, 0.6) is 0 Å². The minimum atomic E-state index is -0.835. The normalized spacial score (nSPS) is 19.5. The van der Waals surface area contributed by atoms with Crippen molar-refractivity contribution in [3.8, 4) is 0 Å². The Morgan fingerprint density at radius 3 is 2.55 bits per heavy atom. The predicted molar refractivity (Wildman–Crippen MR) is 119 cm³/mol. The highest BCUT2D eigenvalue weighted by atomic mass is 19.1. The Kier molecular flexibility index (Phi) is 6.86. The predicted octanol–water partition coefficient (Wildman–Crippen LogP) is 3.47. The van der Waals surface area contributed by atoms with E-state index >= 15 is 0 Å². The summed E-state index contributed by atoms with van der Waals surface area (Å²) < 4.78 is 18.1. The molecule has 3 amide bonds. The smallest absolute Gasteiger partial charge is 0.396 e. The SMILES string of the molecule is CCOC(=O)C(=O)NC1CCC(c2ccc(NC(=O)N3Cc4cc(F)cnc4C3)cc2)CC1. The molecule has 0 unspecified atom stereocenters. The Labute approximate surface area is 191 Å². The molecule has 2 aromatic rings. The molecule has 0 radical (unpaired) electrons. The van der Waals surface area contributed by atoms with Gasteiger partial charge in [0.25, 0.3) is 0 Å². The van der Waals surface area contributed by atoms with Gasteiger partial charge in [-0.2, -0.15) is 0 Å². The molecule has 1 aromatic heterocycles. The summed E-state index contributed by atoms with van der Waals surface area (Å²) in [5, 5.41) is 5.64. The summed E-state index contributed by atoms with van der Waals surface area (Å²) in [5.74, 6) is -1.55. The Balaban J connectivity index is 1.26. The number of carbonyl (C=O) groups is 3. The molecule has 0 atom stereocenters. The van der Waals surface area contributed by atoms with E-state index in [1.165, 1.54) is 17.8 Å². The van der Waals surface area contributed by atoms with Crippen molar-refractivity contribution >= 4 is 23.6 Å². The molecule has 1 aliphatic carbocycles. The summed E-state index contributed by atoms with van der Waals surface area (Å²) in [6, 6.07) is 8.91. The van der Waals surface area contributed by atoms with Gasteiger partial charge in [0.2, 0.25) is 0 Å². The van der Waals surface area contributed by atoms with Crippen LogP contribution in [0, 0.1) is 5.82 Å². The van der Waals surface area contributed by atoms with Crippen LogP contribution < -0.4 is 10.6 Å². The Hall–Kier alpha value is -3.49. The van der Waals surface area contributed by atoms with Gasteiger partial charge in [0.1, 0.15) is 5.82 Å². The molecule has 1 fully saturated rings. The molecule has 0 spiro atoms. The second-order valence-electron chi connectivity index (χ2n) is 8.41. The number of carbonyl (C=O) groups excluding carboxylic acids is 3. The summed E-state index contributed by atoms with van der Waals surface area (Å²) in [7, 11) is 0. The van der Waals surface area contributed by atoms with Gasteiger partial charge in [-0.1, -0.05) is 12.1 Å². The number of hydrogen-bond acceptors (Lipinski definition) is 5. The number of pyridine rings is 1. The van der Waals surface area contributed by atoms with E-state index in [0.29, 0.717) is 24.7 Å². The van der Waals surface area contributed by atoms with Gasteiger partial charge in [-0.15, -0.1) is 0 Å². The van der Waals surface area contributed by atoms with Crippen molar-refractivity contribution in [2.75, 3.05) is 11.9 Å². The topological polar surface area (TPSA) is 101 Å². The number of benzene rings is 1. The maximum atomic E-state index is 13.3. The second-order valence-corrected chi connectivity index (χ2v) is 8.41. The average molecular weight is 455 g/mol. The molecule has 1 aromatic carbocycles. The van der Waals surface area contributed by atoms with Gasteiger partial charge in [0.05, 0.1) is 25.0 Å². The third-order valence-electron chi connectivity index (χ3n) is 6.17. The molecule has 1 aliphatic heterocycles. The van der Waals surface area contributed by atoms with Gasteiger partial charge in [-0.25, -0.2) is 14.0 Å². The first-order valence-corrected chi connectivity index (χ1v) is 11.2. The van der Waals surface area contributed by atoms with E-state index in [1.807, 2.05) is 24.3 Å². The fourth-order valence-corrected chi connectivity index (χ4v) is 4.43. The molecule has 4 rings (SSSR count). The number of amides is 3. The zero-order valence-corrected chi connectivity index (χ0v) is 18.5. The lowest BCUT2D eigenvalue weighted by Gasteiger charge is -2.29. The van der Waals surface area contributed by atoms with Crippen molar-refractivity contribution in [2.45, 2.75) is 57.7 Å². The van der Waals surface area contributed by atoms with Crippen LogP contribution in [0.25, 0.3) is 0 Å². The molecule has 174 valence electrons. The van der Waals surface area contributed by atoms with Gasteiger partial charge in [-0.05, 0) is 67.9 Å². The van der Waals surface area contributed by atoms with E-state index in [4.69, 9.17) is 4.74 Å². The number of hydrogen-bond donors (Lipinski definition) is 2. The van der Waals surface area contributed by atoms with Gasteiger partial charge in [0, 0.05) is 18.3 Å². The molecule has 9 heteroatoms. The van der Waals surface area contributed by atoms with Crippen LogP contribution in [0.4, 0.5) is 14.9 Å². The number of ether oxygens (including phenoxy) is 1. The van der Waals surface area contributed by atoms with Crippen LogP contribution in [0.15, 0.2) is 36.5 Å². The van der Waals surface area contributed by atoms with Crippen molar-refractivity contribution in [3.63, 3.8) is 0 Å². The number of esters is 1. The lowest BCUT2D eigenvalue weighted by atomic mass is 9.81. The minimum Gasteiger partial charge on any atom is -0.459 e. The summed E-state index contributed by atoms with van der Waals surface area (Å²) in [4.78, 5) is 41.5. The van der Waals surface area contributed by atoms with Crippen molar-refractivity contribution in [3.05, 3.63) is 59.2 Å². The highest BCUT2D eigenvalue weighted by Gasteiger charge is 2.27. The first-order chi connectivity index (χ1) is 15.9. The third kappa shape index (κ3) is 5.47. The zero-order chi connectivity index (χ0) is 23.4. The van der Waals surface area contributed by atoms with Crippen LogP contribution >= 0.6 is 0 Å². The molecule has 2 heterocycles. The Morgan fingerprint density at radius 2 is 1.85 bits per heavy atom. The minimum absolute atomic E-state index is 0.0238. The number of nitrogens with zero attached hydrogens (tertiary/aromatic N) is 2. The fraction of sp³-hybridized carbons (Fsp3) is 0.417. The lowest BCUT2D eigenvalue weighted by Crippen LogP contribution is -2.41. The van der Waals surface area contributed by atoms with Crippen LogP contribution in [-0.4, -0.2) is 40.4 Å². The van der Waals surface area contributed by atoms with Gasteiger partial charge in [-0.3, -0.25) is 9.78 Å². The first kappa shape index (κ1) is 22.7. The molecule has 0 saturated heterocycles. The maximum absolute atomic E-state index is 13.3. The van der Waals surface area contributed by atoms with E-state index in [2.05, 4.69) is 15.6 Å². The number of anilines is 1. The highest BCUT2D eigenvalue weighted by Crippen LogP contribution is 2.33. The summed E-state index contributed by atoms with van der Waals surface area (Å²) >= 11 is 0. The van der Waals surface area contributed by atoms with E-state index in [-0.39, 0.29) is 18.7 Å². The van der Waals surface area contributed by atoms with E-state index in [1.54, 1.807) is 11.8 Å². The van der Waals surface area contributed by atoms with E-state index in [9.17, 15) is 18.8 Å². The summed E-state index contributed by atoms with van der Waals surface area (Å²) in [6.45, 7) is 2.53. The Morgan fingerprint density at radius 1 is 1.12 bits per heavy atom. The molecular formula is C24H27FN4O4. The van der Waals surface area contributed by atoms with Gasteiger partial charge >= 0.3 is 17.9 Å². The number of nitrogens with one attached hydrogen (secondary N) is 2. The average Bonchev–Trinajstić information content (AvgIpc) is 3.24. The lowest BCUT2D eigenvalue weighted by molar-refractivity contribution is -0.155. The quantitative estimate of drug-likeness (QED) is 0.544. The van der Waals surface area contributed by atoms with Crippen molar-refractivity contribution in [1.82, 2.24) is 15.2 Å². The van der Waals surface area contributed by atoms with Gasteiger partial charge < -0.3 is 20.3 Å². The second kappa shape index (κ2) is 9.97. The number of rotatable bonds is 4. The molecule has 33 heavy (non-hydrogen) atoms. The molecule has 2 aliphatic rings. The van der Waals surface area contributed by atoms with Crippen molar-refractivity contribution < 1.29 is 23.5 Å². The summed E-state index contributed by atoms with van der Waals surface area (Å²) in [5.41, 5.74) is 3.32. The standard InChI is InChI=1S/C24H27FN4O4/c1-2-33-23(31)22(30)27-19-7-3-15(4-8-19)16-5-9-20(10-6-16)28-24(32)29-13-17-11-18(25)12-26-21(17)14-29/h5-6,9-12,15,19H,2-4,7-8,13-14H2,1H3,(H,27,30)(H,28,32). The number of aromatic nitrogens is 1. The number of halogens is 1. The molecule has 0 bridgehead atoms. The monoisotopic (exact) mass is 454 g/mol. The van der Waals surface area contributed by atoms with E-state index in [0.717, 1.165) is 36.9 Å². The zero-order valence-electron chi connectivity index (χ0n) is 18.5. The molecular weight excluding hydrogens is 427 g/mol. The Bertz CT molecular complexity index is 1040. The van der Waals surface area contributed by atoms with Gasteiger partial charge in [0.15, 0.2) is 0 Å². The highest BCUT2D eigenvalue weighted by molar-refractivity contribution is 6.32. The van der Waals surface area contributed by atoms with E-state index < -0.39 is 17.7 Å². The third-order valence-corrected chi connectivity index (χ3v) is 6.17. The van der Waals surface area contributed by atoms with Crippen LogP contribution in [0.2, 0.25) is 0 Å². The van der Waals surface area contributed by atoms with Crippen LogP contribution in [0.3, 0.4) is 0 Å². The van der Waals surface area contributed by atoms with Crippen molar-refractivity contribution in [2.24, 2.45) is 0 Å². The van der Waals surface area contributed by atoms with Crippen LogP contribution in [0.1, 0.15) is 55.3 Å². The maximum Gasteiger partial charge on any atom is 0.396 e. The molecule has 1 saturated carbocycles. The largest absolute Gasteiger partial charge is 0.459 e. The molecule has 8 nitrogen and oxygen atoms in total. The number of fused-ring (bicyclic) bond motifs is 1. The molecule has 2 N–H and O–H groups in total. The fourth-order valence-electron chi connectivity index (χ4n) is 4.43. The first-order valence-electron chi connectivity index (χ1n) is 11.2. The van der Waals surface area contributed by atoms with Crippen LogP contribution in [-0.2, 0) is 27.4 Å². The van der Waals surface area contributed by atoms with Crippen molar-refractivity contribution in [1.29, 1.82) is 0 Å². The summed E-state index contributed by atoms with van der Waals surface area (Å²) in [6.07, 6.45) is 4.54.